The molecule has 11 heteroatoms. The number of benzene rings is 2. The third-order valence-electron chi connectivity index (χ3n) is 1.99. The summed E-state index contributed by atoms with van der Waals surface area (Å²) in [5.41, 5.74) is 0. The summed E-state index contributed by atoms with van der Waals surface area (Å²) in [5, 5.41) is 1.75. The second-order valence-corrected chi connectivity index (χ2v) is 6.06. The standard InChI is InChI=1S/C11H10O3S.2Na.H2O4S/c1-15(12,13)14-11-8-4-6-9-5-2-3-7-10(9)11;;;1-5(2,3)4/h2-8H,1H3;;;(H2,1,2,3,4)/q;2*+1;/p-2. The Morgan fingerprint density at radius 3 is 1.82 bits per heavy atom. The molecule has 2 aromatic rings. The Morgan fingerprint density at radius 2 is 1.32 bits per heavy atom. The van der Waals surface area contributed by atoms with Crippen LogP contribution in [0.15, 0.2) is 42.5 Å². The van der Waals surface area contributed by atoms with E-state index >= 15 is 0 Å². The molecule has 0 aliphatic heterocycles. The third-order valence-corrected chi connectivity index (χ3v) is 2.47. The molecule has 0 saturated heterocycles. The van der Waals surface area contributed by atoms with Crippen molar-refractivity contribution in [1.82, 2.24) is 0 Å². The summed E-state index contributed by atoms with van der Waals surface area (Å²) in [6.45, 7) is 0. The summed E-state index contributed by atoms with van der Waals surface area (Å²) >= 11 is 0. The van der Waals surface area contributed by atoms with E-state index < -0.39 is 20.5 Å². The fourth-order valence-electron chi connectivity index (χ4n) is 1.43. The van der Waals surface area contributed by atoms with Gasteiger partial charge in [0.25, 0.3) is 0 Å². The molecule has 0 aromatic heterocycles. The van der Waals surface area contributed by atoms with Gasteiger partial charge in [-0.2, -0.15) is 8.42 Å². The van der Waals surface area contributed by atoms with Crippen LogP contribution < -0.4 is 63.3 Å². The van der Waals surface area contributed by atoms with Crippen molar-refractivity contribution in [2.45, 2.75) is 0 Å². The van der Waals surface area contributed by atoms with Crippen LogP contribution in [0.4, 0.5) is 0 Å². The van der Waals surface area contributed by atoms with E-state index in [0.717, 1.165) is 17.0 Å². The molecule has 0 spiro atoms. The molecule has 0 aliphatic rings. The molecule has 0 amide bonds. The molecule has 0 fully saturated rings. The van der Waals surface area contributed by atoms with E-state index in [2.05, 4.69) is 0 Å². The second-order valence-electron chi connectivity index (χ2n) is 3.67. The van der Waals surface area contributed by atoms with Gasteiger partial charge in [0.2, 0.25) is 0 Å². The molecular weight excluding hydrogens is 354 g/mol. The summed E-state index contributed by atoms with van der Waals surface area (Å²) in [5.74, 6) is 0.371. The van der Waals surface area contributed by atoms with Crippen molar-refractivity contribution >= 4 is 31.3 Å². The largest absolute Gasteiger partial charge is 1.00 e. The number of fused-ring (bicyclic) bond motifs is 1. The number of hydrogen-bond acceptors (Lipinski definition) is 7. The average molecular weight is 364 g/mol. The Bertz CT molecular complexity index is 791. The molecule has 0 bridgehead atoms. The van der Waals surface area contributed by atoms with Crippen molar-refractivity contribution in [2.75, 3.05) is 6.26 Å². The van der Waals surface area contributed by atoms with Crippen LogP contribution in [0.3, 0.4) is 0 Å². The minimum absolute atomic E-state index is 0. The Hall–Kier alpha value is 0.320. The molecule has 0 unspecified atom stereocenters. The second kappa shape index (κ2) is 10.2. The minimum Gasteiger partial charge on any atom is -0.759 e. The summed E-state index contributed by atoms with van der Waals surface area (Å²) in [7, 11) is -8.64. The van der Waals surface area contributed by atoms with Gasteiger partial charge < -0.3 is 13.3 Å². The van der Waals surface area contributed by atoms with E-state index in [1.54, 1.807) is 12.1 Å². The summed E-state index contributed by atoms with van der Waals surface area (Å²) in [4.78, 5) is 0. The molecule has 0 saturated carbocycles. The van der Waals surface area contributed by atoms with E-state index in [0.29, 0.717) is 5.75 Å². The van der Waals surface area contributed by atoms with Gasteiger partial charge in [-0.1, -0.05) is 36.4 Å². The first-order valence-electron chi connectivity index (χ1n) is 5.10. The van der Waals surface area contributed by atoms with Crippen molar-refractivity contribution in [3.05, 3.63) is 42.5 Å². The van der Waals surface area contributed by atoms with Crippen LogP contribution in [0.5, 0.6) is 5.75 Å². The van der Waals surface area contributed by atoms with Crippen molar-refractivity contribution in [3.8, 4) is 5.75 Å². The summed E-state index contributed by atoms with van der Waals surface area (Å²) in [6, 6.07) is 12.8. The molecule has 7 nitrogen and oxygen atoms in total. The summed E-state index contributed by atoms with van der Waals surface area (Å²) in [6.07, 6.45) is 1.04. The molecular formula is C11H10Na2O7S2. The zero-order valence-corrected chi connectivity index (χ0v) is 17.8. The minimum atomic E-state index is -5.17. The van der Waals surface area contributed by atoms with Crippen LogP contribution in [-0.4, -0.2) is 32.2 Å². The maximum Gasteiger partial charge on any atom is 1.00 e. The first-order valence-corrected chi connectivity index (χ1v) is 8.25. The number of hydrogen-bond donors (Lipinski definition) is 0. The van der Waals surface area contributed by atoms with Gasteiger partial charge in [-0.15, -0.1) is 0 Å². The first-order chi connectivity index (χ1) is 9.06. The molecule has 0 radical (unpaired) electrons. The van der Waals surface area contributed by atoms with Crippen molar-refractivity contribution in [1.29, 1.82) is 0 Å². The predicted molar refractivity (Wildman–Crippen MR) is 69.9 cm³/mol. The quantitative estimate of drug-likeness (QED) is 0.226. The maximum absolute atomic E-state index is 11.0. The van der Waals surface area contributed by atoms with Crippen LogP contribution >= 0.6 is 0 Å². The van der Waals surface area contributed by atoms with Gasteiger partial charge in [-0.25, -0.2) is 0 Å². The fraction of sp³-hybridized carbons (Fsp3) is 0.0909. The van der Waals surface area contributed by atoms with E-state index in [-0.39, 0.29) is 59.1 Å². The third kappa shape index (κ3) is 10.9. The number of rotatable bonds is 2. The summed E-state index contributed by atoms with van der Waals surface area (Å²) < 4.78 is 61.0. The molecule has 0 atom stereocenters. The van der Waals surface area contributed by atoms with E-state index in [1.165, 1.54) is 0 Å². The van der Waals surface area contributed by atoms with Gasteiger partial charge in [0, 0.05) is 15.8 Å². The Labute approximate surface area is 173 Å². The van der Waals surface area contributed by atoms with Gasteiger partial charge in [0.05, 0.1) is 6.26 Å². The van der Waals surface area contributed by atoms with Crippen molar-refractivity contribution < 1.29 is 89.2 Å². The molecule has 22 heavy (non-hydrogen) atoms. The molecule has 0 N–H and O–H groups in total. The van der Waals surface area contributed by atoms with Crippen molar-refractivity contribution in [3.63, 3.8) is 0 Å². The molecule has 110 valence electrons. The molecule has 0 aliphatic carbocycles. The molecule has 2 rings (SSSR count). The van der Waals surface area contributed by atoms with Gasteiger partial charge in [0.1, 0.15) is 5.75 Å². The van der Waals surface area contributed by atoms with Crippen LogP contribution in [0.25, 0.3) is 10.8 Å². The normalized spacial score (nSPS) is 10.5. The van der Waals surface area contributed by atoms with Crippen LogP contribution in [0, 0.1) is 0 Å². The SMILES string of the molecule is CS(=O)(=O)Oc1cccc2ccccc12.O=S(=O)([O-])[O-].[Na+].[Na+]. The zero-order chi connectivity index (χ0) is 15.4. The van der Waals surface area contributed by atoms with Gasteiger partial charge >= 0.3 is 69.2 Å². The van der Waals surface area contributed by atoms with Crippen LogP contribution in [0.2, 0.25) is 0 Å². The van der Waals surface area contributed by atoms with Gasteiger partial charge in [-0.3, -0.25) is 8.42 Å². The van der Waals surface area contributed by atoms with Crippen LogP contribution in [-0.2, 0) is 20.5 Å². The van der Waals surface area contributed by atoms with E-state index in [4.69, 9.17) is 21.7 Å². The van der Waals surface area contributed by atoms with E-state index in [1.807, 2.05) is 30.3 Å². The Kier molecular flexibility index (Phi) is 11.4. The fourth-order valence-corrected chi connectivity index (χ4v) is 1.90. The molecule has 2 aromatic carbocycles. The van der Waals surface area contributed by atoms with E-state index in [9.17, 15) is 8.42 Å². The van der Waals surface area contributed by atoms with Crippen molar-refractivity contribution in [2.24, 2.45) is 0 Å². The predicted octanol–water partition coefficient (Wildman–Crippen LogP) is -5.15. The van der Waals surface area contributed by atoms with Crippen LogP contribution in [0.1, 0.15) is 0 Å². The Morgan fingerprint density at radius 1 is 0.864 bits per heavy atom. The smallest absolute Gasteiger partial charge is 0.759 e. The maximum atomic E-state index is 11.0. The van der Waals surface area contributed by atoms with Gasteiger partial charge in [-0.05, 0) is 11.5 Å². The topological polar surface area (TPSA) is 124 Å². The zero-order valence-electron chi connectivity index (χ0n) is 12.2. The van der Waals surface area contributed by atoms with Gasteiger partial charge in [0.15, 0.2) is 0 Å². The first kappa shape index (κ1) is 24.6. The average Bonchev–Trinajstić information content (AvgIpc) is 2.25. The molecule has 0 heterocycles. The Balaban J connectivity index is 0. The monoisotopic (exact) mass is 364 g/mol.